The summed E-state index contributed by atoms with van der Waals surface area (Å²) in [4.78, 5) is 51.1. The lowest BCUT2D eigenvalue weighted by atomic mass is 10.0. The van der Waals surface area contributed by atoms with E-state index in [2.05, 4.69) is 5.32 Å². The number of esters is 1. The van der Waals surface area contributed by atoms with Crippen molar-refractivity contribution in [1.29, 1.82) is 0 Å². The fraction of sp³-hybridized carbons (Fsp3) is 0.360. The highest BCUT2D eigenvalue weighted by atomic mass is 16.6. The number of amides is 3. The van der Waals surface area contributed by atoms with Crippen LogP contribution in [0.3, 0.4) is 0 Å². The zero-order valence-corrected chi connectivity index (χ0v) is 19.2. The van der Waals surface area contributed by atoms with Crippen LogP contribution in [0.25, 0.3) is 0 Å². The average Bonchev–Trinajstić information content (AvgIpc) is 2.98. The van der Waals surface area contributed by atoms with Gasteiger partial charge in [0.15, 0.2) is 0 Å². The average molecular weight is 453 g/mol. The van der Waals surface area contributed by atoms with Crippen LogP contribution in [0.5, 0.6) is 0 Å². The second kappa shape index (κ2) is 9.85. The summed E-state index contributed by atoms with van der Waals surface area (Å²) < 4.78 is 10.4. The molecule has 33 heavy (non-hydrogen) atoms. The molecular formula is C25H28N2O6. The predicted molar refractivity (Wildman–Crippen MR) is 121 cm³/mol. The van der Waals surface area contributed by atoms with E-state index in [1.807, 2.05) is 0 Å². The van der Waals surface area contributed by atoms with E-state index in [1.54, 1.807) is 76.2 Å². The van der Waals surface area contributed by atoms with Crippen LogP contribution in [0.15, 0.2) is 48.5 Å². The van der Waals surface area contributed by atoms with Gasteiger partial charge in [-0.15, -0.1) is 0 Å². The van der Waals surface area contributed by atoms with Crippen molar-refractivity contribution in [3.05, 3.63) is 70.8 Å². The molecule has 174 valence electrons. The van der Waals surface area contributed by atoms with Crippen LogP contribution in [-0.4, -0.2) is 53.6 Å². The van der Waals surface area contributed by atoms with Crippen LogP contribution in [0, 0.1) is 0 Å². The predicted octanol–water partition coefficient (Wildman–Crippen LogP) is 3.60. The minimum Gasteiger partial charge on any atom is -0.462 e. The summed E-state index contributed by atoms with van der Waals surface area (Å²) in [5.41, 5.74) is 1.21. The Morgan fingerprint density at radius 2 is 1.55 bits per heavy atom. The highest BCUT2D eigenvalue weighted by Gasteiger charge is 2.37. The fourth-order valence-corrected chi connectivity index (χ4v) is 3.54. The number of rotatable bonds is 7. The van der Waals surface area contributed by atoms with E-state index in [-0.39, 0.29) is 13.2 Å². The van der Waals surface area contributed by atoms with Crippen molar-refractivity contribution in [2.24, 2.45) is 0 Å². The Labute approximate surface area is 192 Å². The number of carbonyl (C=O) groups excluding carboxylic acids is 4. The van der Waals surface area contributed by atoms with Gasteiger partial charge in [-0.05, 0) is 63.9 Å². The molecule has 3 rings (SSSR count). The van der Waals surface area contributed by atoms with Gasteiger partial charge in [0.25, 0.3) is 11.8 Å². The molecule has 0 aromatic heterocycles. The van der Waals surface area contributed by atoms with Crippen molar-refractivity contribution in [2.45, 2.75) is 45.8 Å². The molecule has 0 saturated carbocycles. The first-order valence-electron chi connectivity index (χ1n) is 10.8. The highest BCUT2D eigenvalue weighted by Crippen LogP contribution is 2.23. The van der Waals surface area contributed by atoms with E-state index in [0.717, 1.165) is 10.5 Å². The zero-order chi connectivity index (χ0) is 24.2. The Morgan fingerprint density at radius 3 is 2.06 bits per heavy atom. The van der Waals surface area contributed by atoms with Crippen molar-refractivity contribution < 1.29 is 28.7 Å². The fourth-order valence-electron chi connectivity index (χ4n) is 3.54. The third-order valence-electron chi connectivity index (χ3n) is 4.95. The van der Waals surface area contributed by atoms with E-state index in [0.29, 0.717) is 23.1 Å². The van der Waals surface area contributed by atoms with Gasteiger partial charge in [-0.25, -0.2) is 9.59 Å². The monoisotopic (exact) mass is 452 g/mol. The van der Waals surface area contributed by atoms with Crippen LogP contribution >= 0.6 is 0 Å². The molecule has 1 heterocycles. The summed E-state index contributed by atoms with van der Waals surface area (Å²) in [6, 6.07) is 12.8. The smallest absolute Gasteiger partial charge is 0.407 e. The van der Waals surface area contributed by atoms with E-state index in [4.69, 9.17) is 9.47 Å². The number of ether oxygens (including phenoxy) is 2. The van der Waals surface area contributed by atoms with Crippen LogP contribution in [-0.2, 0) is 15.9 Å². The van der Waals surface area contributed by atoms with Gasteiger partial charge < -0.3 is 14.8 Å². The van der Waals surface area contributed by atoms with Gasteiger partial charge in [-0.3, -0.25) is 14.5 Å². The summed E-state index contributed by atoms with van der Waals surface area (Å²) in [6.07, 6.45) is -0.331. The summed E-state index contributed by atoms with van der Waals surface area (Å²) in [7, 11) is 0. The molecule has 2 aromatic carbocycles. The zero-order valence-electron chi connectivity index (χ0n) is 19.2. The minimum atomic E-state index is -0.703. The maximum absolute atomic E-state index is 12.8. The highest BCUT2D eigenvalue weighted by molar-refractivity contribution is 6.21. The van der Waals surface area contributed by atoms with Gasteiger partial charge in [-0.1, -0.05) is 24.3 Å². The molecule has 0 radical (unpaired) electrons. The van der Waals surface area contributed by atoms with Crippen molar-refractivity contribution in [3.8, 4) is 0 Å². The normalized spacial score (nSPS) is 14.0. The second-order valence-electron chi connectivity index (χ2n) is 8.73. The Kier molecular flexibility index (Phi) is 7.16. The van der Waals surface area contributed by atoms with Gasteiger partial charge in [-0.2, -0.15) is 0 Å². The Hall–Kier alpha value is -3.68. The number of nitrogens with zero attached hydrogens (tertiary/aromatic N) is 1. The van der Waals surface area contributed by atoms with Gasteiger partial charge in [0.2, 0.25) is 0 Å². The number of alkyl carbamates (subject to hydrolysis) is 1. The Morgan fingerprint density at radius 1 is 0.970 bits per heavy atom. The van der Waals surface area contributed by atoms with Crippen LogP contribution in [0.4, 0.5) is 4.79 Å². The van der Waals surface area contributed by atoms with Crippen LogP contribution < -0.4 is 5.32 Å². The van der Waals surface area contributed by atoms with Crippen molar-refractivity contribution in [1.82, 2.24) is 10.2 Å². The van der Waals surface area contributed by atoms with Crippen molar-refractivity contribution in [2.75, 3.05) is 13.2 Å². The van der Waals surface area contributed by atoms with Gasteiger partial charge in [0, 0.05) is 0 Å². The molecular weight excluding hydrogens is 424 g/mol. The maximum Gasteiger partial charge on any atom is 0.407 e. The standard InChI is InChI=1S/C25H28N2O6/c1-5-32-23(30)17-12-10-16(11-13-17)14-18(26-24(31)33-25(2,3)4)15-27-21(28)19-8-6-7-9-20(19)22(27)29/h6-13,18H,5,14-15H2,1-4H3,(H,26,31)/t18-/m1/s1. The molecule has 0 fully saturated rings. The van der Waals surface area contributed by atoms with Crippen molar-refractivity contribution >= 4 is 23.9 Å². The third-order valence-corrected chi connectivity index (χ3v) is 4.95. The molecule has 0 unspecified atom stereocenters. The summed E-state index contributed by atoms with van der Waals surface area (Å²) in [5, 5.41) is 2.78. The molecule has 3 amide bonds. The van der Waals surface area contributed by atoms with Gasteiger partial charge in [0.1, 0.15) is 5.60 Å². The molecule has 1 aliphatic heterocycles. The summed E-state index contributed by atoms with van der Waals surface area (Å²) in [6.45, 7) is 7.24. The first kappa shape index (κ1) is 24.0. The summed E-state index contributed by atoms with van der Waals surface area (Å²) >= 11 is 0. The SMILES string of the molecule is CCOC(=O)c1ccc(C[C@H](CN2C(=O)c3ccccc3C2=O)NC(=O)OC(C)(C)C)cc1. The number of nitrogens with one attached hydrogen (secondary N) is 1. The van der Waals surface area contributed by atoms with E-state index >= 15 is 0 Å². The largest absolute Gasteiger partial charge is 0.462 e. The quantitative estimate of drug-likeness (QED) is 0.509. The number of imide groups is 1. The number of carbonyl (C=O) groups is 4. The minimum absolute atomic E-state index is 0.0226. The first-order valence-corrected chi connectivity index (χ1v) is 10.8. The molecule has 8 heteroatoms. The lowest BCUT2D eigenvalue weighted by Gasteiger charge is -2.26. The topological polar surface area (TPSA) is 102 Å². The molecule has 1 aliphatic rings. The number of hydrogen-bond acceptors (Lipinski definition) is 6. The van der Waals surface area contributed by atoms with E-state index in [9.17, 15) is 19.2 Å². The number of fused-ring (bicyclic) bond motifs is 1. The molecule has 0 saturated heterocycles. The second-order valence-corrected chi connectivity index (χ2v) is 8.73. The summed E-state index contributed by atoms with van der Waals surface area (Å²) in [5.74, 6) is -1.22. The van der Waals surface area contributed by atoms with Crippen LogP contribution in [0.1, 0.15) is 64.3 Å². The molecule has 0 spiro atoms. The van der Waals surface area contributed by atoms with E-state index < -0.39 is 35.5 Å². The Bertz CT molecular complexity index is 1020. The van der Waals surface area contributed by atoms with Crippen molar-refractivity contribution in [3.63, 3.8) is 0 Å². The number of benzene rings is 2. The first-order chi connectivity index (χ1) is 15.6. The maximum atomic E-state index is 12.8. The molecule has 8 nitrogen and oxygen atoms in total. The molecule has 0 bridgehead atoms. The lowest BCUT2D eigenvalue weighted by Crippen LogP contribution is -2.48. The number of hydrogen-bond donors (Lipinski definition) is 1. The van der Waals surface area contributed by atoms with E-state index in [1.165, 1.54) is 0 Å². The molecule has 1 N–H and O–H groups in total. The van der Waals surface area contributed by atoms with Gasteiger partial charge in [0.05, 0.1) is 35.9 Å². The van der Waals surface area contributed by atoms with Crippen LogP contribution in [0.2, 0.25) is 0 Å². The lowest BCUT2D eigenvalue weighted by molar-refractivity contribution is 0.0468. The molecule has 0 aliphatic carbocycles. The third kappa shape index (κ3) is 5.97. The van der Waals surface area contributed by atoms with Gasteiger partial charge >= 0.3 is 12.1 Å². The molecule has 1 atom stereocenters. The Balaban J connectivity index is 1.78. The molecule has 2 aromatic rings.